The molecule has 1 N–H and O–H groups in total. The van der Waals surface area contributed by atoms with Gasteiger partial charge >= 0.3 is 18.5 Å². The summed E-state index contributed by atoms with van der Waals surface area (Å²) in [5, 5.41) is 8.11. The average molecular weight is 382 g/mol. The van der Waals surface area contributed by atoms with E-state index >= 15 is 0 Å². The Morgan fingerprint density at radius 2 is 1.86 bits per heavy atom. The van der Waals surface area contributed by atoms with Crippen molar-refractivity contribution < 1.29 is 41.0 Å². The zero-order valence-electron chi connectivity index (χ0n) is 9.85. The summed E-state index contributed by atoms with van der Waals surface area (Å²) in [5.41, 5.74) is -3.27. The van der Waals surface area contributed by atoms with Gasteiger partial charge in [-0.05, 0) is 5.56 Å². The molecule has 118 valence electrons. The highest BCUT2D eigenvalue weighted by atomic mass is 79.9. The Hall–Kier alpha value is -1.52. The number of halogens is 7. The average Bonchev–Trinajstić information content (AvgIpc) is 2.26. The summed E-state index contributed by atoms with van der Waals surface area (Å²) in [7, 11) is 0. The molecule has 1 aromatic heterocycles. The molecule has 11 heteroatoms. The lowest BCUT2D eigenvalue weighted by Crippen LogP contribution is -2.23. The van der Waals surface area contributed by atoms with E-state index in [2.05, 4.69) is 25.7 Å². The maximum atomic E-state index is 12.9. The van der Waals surface area contributed by atoms with Crippen molar-refractivity contribution in [2.45, 2.75) is 24.3 Å². The summed E-state index contributed by atoms with van der Waals surface area (Å²) in [6.07, 6.45) is -11.1. The van der Waals surface area contributed by atoms with Gasteiger partial charge in [-0.25, -0.2) is 0 Å². The van der Waals surface area contributed by atoms with Gasteiger partial charge in [0.2, 0.25) is 0 Å². The van der Waals surface area contributed by atoms with Crippen LogP contribution in [0.2, 0.25) is 0 Å². The molecule has 21 heavy (non-hydrogen) atoms. The van der Waals surface area contributed by atoms with Crippen LogP contribution in [-0.4, -0.2) is 22.4 Å². The number of pyridine rings is 1. The van der Waals surface area contributed by atoms with Crippen LogP contribution in [0.25, 0.3) is 0 Å². The van der Waals surface area contributed by atoms with Crippen LogP contribution < -0.4 is 4.74 Å². The standard InChI is InChI=1S/C10H6BrF6NO3/c11-2-4-3-18-5(1-6(19)20)8(21-10(15,16)17)7(4)9(12,13)14/h3H,1-2H2,(H,19,20). The van der Waals surface area contributed by atoms with Crippen molar-refractivity contribution in [3.05, 3.63) is 23.0 Å². The maximum Gasteiger partial charge on any atom is 0.573 e. The highest BCUT2D eigenvalue weighted by molar-refractivity contribution is 9.08. The normalized spacial score (nSPS) is 12.3. The summed E-state index contributed by atoms with van der Waals surface area (Å²) >= 11 is 2.70. The van der Waals surface area contributed by atoms with Gasteiger partial charge in [-0.15, -0.1) is 13.2 Å². The number of carboxylic acids is 1. The van der Waals surface area contributed by atoms with Gasteiger partial charge in [0.1, 0.15) is 5.56 Å². The van der Waals surface area contributed by atoms with Crippen molar-refractivity contribution in [2.75, 3.05) is 0 Å². The molecule has 0 spiro atoms. The number of aliphatic carboxylic acids is 1. The summed E-state index contributed by atoms with van der Waals surface area (Å²) in [6.45, 7) is 0. The van der Waals surface area contributed by atoms with Crippen LogP contribution in [0.3, 0.4) is 0 Å². The Labute approximate surface area is 121 Å². The number of aromatic nitrogens is 1. The second-order valence-corrected chi connectivity index (χ2v) is 4.24. The first-order valence-electron chi connectivity index (χ1n) is 5.07. The van der Waals surface area contributed by atoms with E-state index in [0.717, 1.165) is 0 Å². The first-order chi connectivity index (χ1) is 9.45. The van der Waals surface area contributed by atoms with E-state index in [9.17, 15) is 31.1 Å². The molecule has 0 aliphatic rings. The number of hydrogen-bond acceptors (Lipinski definition) is 3. The Balaban J connectivity index is 3.58. The number of hydrogen-bond donors (Lipinski definition) is 1. The quantitative estimate of drug-likeness (QED) is 0.640. The van der Waals surface area contributed by atoms with Gasteiger partial charge < -0.3 is 9.84 Å². The Kier molecular flexibility index (Phi) is 5.07. The van der Waals surface area contributed by atoms with E-state index in [4.69, 9.17) is 5.11 Å². The third kappa shape index (κ3) is 4.76. The van der Waals surface area contributed by atoms with Gasteiger partial charge in [0.25, 0.3) is 0 Å². The fourth-order valence-corrected chi connectivity index (χ4v) is 1.90. The predicted molar refractivity (Wildman–Crippen MR) is 59.9 cm³/mol. The Morgan fingerprint density at radius 3 is 2.24 bits per heavy atom. The number of carboxylic acid groups (broad SMARTS) is 1. The number of ether oxygens (including phenoxy) is 1. The molecule has 0 unspecified atom stereocenters. The fourth-order valence-electron chi connectivity index (χ4n) is 1.48. The van der Waals surface area contributed by atoms with Crippen molar-refractivity contribution in [1.29, 1.82) is 0 Å². The van der Waals surface area contributed by atoms with E-state index in [1.54, 1.807) is 0 Å². The minimum atomic E-state index is -5.42. The first kappa shape index (κ1) is 17.5. The van der Waals surface area contributed by atoms with E-state index in [0.29, 0.717) is 6.20 Å². The fraction of sp³-hybridized carbons (Fsp3) is 0.400. The second kappa shape index (κ2) is 6.08. The lowest BCUT2D eigenvalue weighted by molar-refractivity contribution is -0.276. The predicted octanol–water partition coefficient (Wildman–Crippen LogP) is 3.52. The lowest BCUT2D eigenvalue weighted by atomic mass is 10.1. The molecule has 0 saturated carbocycles. The monoisotopic (exact) mass is 381 g/mol. The number of carbonyl (C=O) groups is 1. The second-order valence-electron chi connectivity index (χ2n) is 3.68. The van der Waals surface area contributed by atoms with Crippen molar-refractivity contribution in [2.24, 2.45) is 0 Å². The molecule has 1 rings (SSSR count). The van der Waals surface area contributed by atoms with Gasteiger partial charge in [-0.1, -0.05) is 15.9 Å². The molecule has 0 aromatic carbocycles. The molecule has 0 amide bonds. The smallest absolute Gasteiger partial charge is 0.481 e. The van der Waals surface area contributed by atoms with Crippen LogP contribution >= 0.6 is 15.9 Å². The van der Waals surface area contributed by atoms with Crippen LogP contribution in [0.4, 0.5) is 26.3 Å². The van der Waals surface area contributed by atoms with E-state index < -0.39 is 52.8 Å². The van der Waals surface area contributed by atoms with Crippen molar-refractivity contribution >= 4 is 21.9 Å². The number of alkyl halides is 7. The molecule has 0 fully saturated rings. The molecular weight excluding hydrogens is 376 g/mol. The van der Waals surface area contributed by atoms with Crippen molar-refractivity contribution in [1.82, 2.24) is 4.98 Å². The van der Waals surface area contributed by atoms with Gasteiger partial charge in [-0.3, -0.25) is 9.78 Å². The number of nitrogens with zero attached hydrogens (tertiary/aromatic N) is 1. The minimum Gasteiger partial charge on any atom is -0.481 e. The van der Waals surface area contributed by atoms with Gasteiger partial charge in [0.15, 0.2) is 5.75 Å². The zero-order valence-corrected chi connectivity index (χ0v) is 11.4. The maximum absolute atomic E-state index is 12.9. The first-order valence-corrected chi connectivity index (χ1v) is 6.19. The largest absolute Gasteiger partial charge is 0.573 e. The SMILES string of the molecule is O=C(O)Cc1ncc(CBr)c(C(F)(F)F)c1OC(F)(F)F. The highest BCUT2D eigenvalue weighted by Gasteiger charge is 2.43. The van der Waals surface area contributed by atoms with Crippen LogP contribution in [0.1, 0.15) is 16.8 Å². The van der Waals surface area contributed by atoms with Crippen molar-refractivity contribution in [3.8, 4) is 5.75 Å². The molecule has 1 aromatic rings. The minimum absolute atomic E-state index is 0.434. The van der Waals surface area contributed by atoms with Crippen molar-refractivity contribution in [3.63, 3.8) is 0 Å². The third-order valence-electron chi connectivity index (χ3n) is 2.15. The summed E-state index contributed by atoms with van der Waals surface area (Å²) in [4.78, 5) is 13.8. The molecular formula is C10H6BrF6NO3. The molecule has 0 bridgehead atoms. The Morgan fingerprint density at radius 1 is 1.29 bits per heavy atom. The Bertz CT molecular complexity index is 543. The molecule has 4 nitrogen and oxygen atoms in total. The molecule has 0 aliphatic heterocycles. The van der Waals surface area contributed by atoms with Gasteiger partial charge in [0, 0.05) is 11.5 Å². The summed E-state index contributed by atoms with van der Waals surface area (Å²) < 4.78 is 79.1. The third-order valence-corrected chi connectivity index (χ3v) is 2.75. The van der Waals surface area contributed by atoms with E-state index in [-0.39, 0.29) is 0 Å². The molecule has 0 radical (unpaired) electrons. The zero-order chi connectivity index (χ0) is 16.4. The van der Waals surface area contributed by atoms with E-state index in [1.165, 1.54) is 0 Å². The summed E-state index contributed by atoms with van der Waals surface area (Å²) in [6, 6.07) is 0. The van der Waals surface area contributed by atoms with Crippen LogP contribution in [-0.2, 0) is 22.7 Å². The van der Waals surface area contributed by atoms with Gasteiger partial charge in [0.05, 0.1) is 12.1 Å². The highest BCUT2D eigenvalue weighted by Crippen LogP contribution is 2.42. The van der Waals surface area contributed by atoms with E-state index in [1.807, 2.05) is 0 Å². The molecule has 0 atom stereocenters. The topological polar surface area (TPSA) is 59.4 Å². The van der Waals surface area contributed by atoms with Crippen LogP contribution in [0.15, 0.2) is 6.20 Å². The van der Waals surface area contributed by atoms with Gasteiger partial charge in [-0.2, -0.15) is 13.2 Å². The lowest BCUT2D eigenvalue weighted by Gasteiger charge is -2.19. The number of rotatable bonds is 4. The molecule has 1 heterocycles. The van der Waals surface area contributed by atoms with Crippen LogP contribution in [0.5, 0.6) is 5.75 Å². The molecule has 0 saturated heterocycles. The summed E-state index contributed by atoms with van der Waals surface area (Å²) in [5.74, 6) is -3.29. The van der Waals surface area contributed by atoms with Crippen LogP contribution in [0, 0.1) is 0 Å². The molecule has 0 aliphatic carbocycles.